The molecule has 0 aliphatic heterocycles. The highest BCUT2D eigenvalue weighted by Crippen LogP contribution is 2.31. The van der Waals surface area contributed by atoms with Crippen LogP contribution in [0.4, 0.5) is 0 Å². The van der Waals surface area contributed by atoms with Crippen LogP contribution in [0.5, 0.6) is 5.75 Å². The van der Waals surface area contributed by atoms with Crippen LogP contribution in [-0.4, -0.2) is 18.1 Å². The molecule has 1 amide bonds. The molecule has 1 aliphatic carbocycles. The van der Waals surface area contributed by atoms with Crippen molar-refractivity contribution in [3.8, 4) is 5.75 Å². The third kappa shape index (κ3) is 5.11. The lowest BCUT2D eigenvalue weighted by Crippen LogP contribution is -2.52. The third-order valence-electron chi connectivity index (χ3n) is 4.55. The molecule has 1 saturated carbocycles. The van der Waals surface area contributed by atoms with E-state index in [0.717, 1.165) is 42.6 Å². The fourth-order valence-corrected chi connectivity index (χ4v) is 3.19. The molecule has 0 saturated heterocycles. The number of ether oxygens (including phenoxy) is 1. The molecule has 3 N–H and O–H groups in total. The summed E-state index contributed by atoms with van der Waals surface area (Å²) in [6, 6.07) is 6.07. The molecular weight excluding hydrogens is 312 g/mol. The van der Waals surface area contributed by atoms with E-state index in [2.05, 4.69) is 5.32 Å². The van der Waals surface area contributed by atoms with E-state index in [0.29, 0.717) is 13.2 Å². The van der Waals surface area contributed by atoms with Crippen molar-refractivity contribution in [3.63, 3.8) is 0 Å². The Morgan fingerprint density at radius 2 is 2.17 bits per heavy atom. The van der Waals surface area contributed by atoms with E-state index in [4.69, 9.17) is 10.5 Å². The molecule has 130 valence electrons. The van der Waals surface area contributed by atoms with Gasteiger partial charge in [-0.1, -0.05) is 25.0 Å². The highest BCUT2D eigenvalue weighted by atomic mass is 35.5. The van der Waals surface area contributed by atoms with Gasteiger partial charge in [0, 0.05) is 17.6 Å². The van der Waals surface area contributed by atoms with E-state index in [9.17, 15) is 4.79 Å². The second-order valence-electron chi connectivity index (χ2n) is 6.57. The molecule has 4 nitrogen and oxygen atoms in total. The molecule has 5 heteroatoms. The fraction of sp³-hybridized carbons (Fsp3) is 0.611. The summed E-state index contributed by atoms with van der Waals surface area (Å²) in [6.07, 6.45) is 3.99. The monoisotopic (exact) mass is 340 g/mol. The Bertz CT molecular complexity index is 532. The summed E-state index contributed by atoms with van der Waals surface area (Å²) in [4.78, 5) is 12.5. The van der Waals surface area contributed by atoms with Crippen LogP contribution in [0.25, 0.3) is 0 Å². The summed E-state index contributed by atoms with van der Waals surface area (Å²) in [7, 11) is 0. The number of benzene rings is 1. The van der Waals surface area contributed by atoms with Crippen molar-refractivity contribution >= 4 is 18.3 Å². The Hall–Kier alpha value is -1.26. The van der Waals surface area contributed by atoms with E-state index < -0.39 is 5.54 Å². The van der Waals surface area contributed by atoms with Crippen molar-refractivity contribution in [1.29, 1.82) is 0 Å². The molecule has 2 rings (SSSR count). The van der Waals surface area contributed by atoms with E-state index >= 15 is 0 Å². The lowest BCUT2D eigenvalue weighted by Gasteiger charge is -2.37. The molecule has 0 bridgehead atoms. The maximum atomic E-state index is 12.5. The van der Waals surface area contributed by atoms with Gasteiger partial charge in [0.2, 0.25) is 5.91 Å². The minimum absolute atomic E-state index is 0. The van der Waals surface area contributed by atoms with Crippen LogP contribution in [0, 0.1) is 12.8 Å². The summed E-state index contributed by atoms with van der Waals surface area (Å²) in [5.74, 6) is 0.817. The van der Waals surface area contributed by atoms with Crippen molar-refractivity contribution < 1.29 is 9.53 Å². The van der Waals surface area contributed by atoms with Crippen molar-refractivity contribution in [2.45, 2.75) is 58.5 Å². The van der Waals surface area contributed by atoms with Crippen LogP contribution in [0.2, 0.25) is 0 Å². The van der Waals surface area contributed by atoms with E-state index in [1.165, 1.54) is 0 Å². The molecule has 0 heterocycles. The number of rotatable bonds is 5. The first kappa shape index (κ1) is 19.8. The van der Waals surface area contributed by atoms with Gasteiger partial charge in [-0.2, -0.15) is 0 Å². The number of hydrogen-bond donors (Lipinski definition) is 2. The molecule has 2 unspecified atom stereocenters. The molecule has 1 fully saturated rings. The average Bonchev–Trinajstić information content (AvgIpc) is 2.46. The van der Waals surface area contributed by atoms with Crippen molar-refractivity contribution in [1.82, 2.24) is 5.32 Å². The van der Waals surface area contributed by atoms with Crippen molar-refractivity contribution in [2.24, 2.45) is 11.7 Å². The van der Waals surface area contributed by atoms with Crippen LogP contribution in [0.15, 0.2) is 18.2 Å². The molecule has 0 aromatic heterocycles. The summed E-state index contributed by atoms with van der Waals surface area (Å²) < 4.78 is 5.66. The maximum Gasteiger partial charge on any atom is 0.225 e. The van der Waals surface area contributed by atoms with Crippen LogP contribution in [-0.2, 0) is 11.3 Å². The van der Waals surface area contributed by atoms with Gasteiger partial charge >= 0.3 is 0 Å². The second-order valence-corrected chi connectivity index (χ2v) is 6.57. The number of nitrogens with one attached hydrogen (secondary N) is 1. The third-order valence-corrected chi connectivity index (χ3v) is 4.55. The van der Waals surface area contributed by atoms with Crippen LogP contribution < -0.4 is 15.8 Å². The largest absolute Gasteiger partial charge is 0.494 e. The SMILES string of the molecule is CCOc1cc(C)ccc1CNC(=O)C1CCCCC1(C)N.Cl. The zero-order valence-electron chi connectivity index (χ0n) is 14.4. The highest BCUT2D eigenvalue weighted by Gasteiger charge is 2.37. The Labute approximate surface area is 145 Å². The normalized spacial score (nSPS) is 23.7. The highest BCUT2D eigenvalue weighted by molar-refractivity contribution is 5.85. The predicted octanol–water partition coefficient (Wildman–Crippen LogP) is 3.34. The molecule has 23 heavy (non-hydrogen) atoms. The van der Waals surface area contributed by atoms with Gasteiger partial charge < -0.3 is 15.8 Å². The number of aryl methyl sites for hydroxylation is 1. The number of carbonyl (C=O) groups excluding carboxylic acids is 1. The van der Waals surface area contributed by atoms with Crippen LogP contribution in [0.1, 0.15) is 50.7 Å². The zero-order valence-corrected chi connectivity index (χ0v) is 15.2. The molecule has 1 aromatic rings. The van der Waals surface area contributed by atoms with E-state index in [1.807, 2.05) is 39.0 Å². The lowest BCUT2D eigenvalue weighted by atomic mass is 9.74. The number of nitrogens with two attached hydrogens (primary N) is 1. The van der Waals surface area contributed by atoms with Gasteiger partial charge in [0.1, 0.15) is 5.75 Å². The first-order valence-electron chi connectivity index (χ1n) is 8.23. The van der Waals surface area contributed by atoms with Gasteiger partial charge in [-0.15, -0.1) is 12.4 Å². The number of halogens is 1. The van der Waals surface area contributed by atoms with Crippen LogP contribution in [0.3, 0.4) is 0 Å². The van der Waals surface area contributed by atoms with E-state index in [1.54, 1.807) is 0 Å². The second kappa shape index (κ2) is 8.55. The molecule has 1 aromatic carbocycles. The first-order valence-corrected chi connectivity index (χ1v) is 8.23. The summed E-state index contributed by atoms with van der Waals surface area (Å²) in [5.41, 5.74) is 8.08. The van der Waals surface area contributed by atoms with Gasteiger partial charge in [-0.05, 0) is 45.2 Å². The van der Waals surface area contributed by atoms with Gasteiger partial charge in [-0.3, -0.25) is 4.79 Å². The minimum atomic E-state index is -0.391. The van der Waals surface area contributed by atoms with Crippen molar-refractivity contribution in [2.75, 3.05) is 6.61 Å². The fourth-order valence-electron chi connectivity index (χ4n) is 3.19. The summed E-state index contributed by atoms with van der Waals surface area (Å²) >= 11 is 0. The van der Waals surface area contributed by atoms with Crippen molar-refractivity contribution in [3.05, 3.63) is 29.3 Å². The Morgan fingerprint density at radius 1 is 1.43 bits per heavy atom. The topological polar surface area (TPSA) is 64.3 Å². The molecule has 1 aliphatic rings. The van der Waals surface area contributed by atoms with E-state index in [-0.39, 0.29) is 24.2 Å². The van der Waals surface area contributed by atoms with Gasteiger partial charge in [-0.25, -0.2) is 0 Å². The first-order chi connectivity index (χ1) is 10.4. The maximum absolute atomic E-state index is 12.5. The van der Waals surface area contributed by atoms with Gasteiger partial charge in [0.05, 0.1) is 12.5 Å². The Balaban J connectivity index is 0.00000264. The van der Waals surface area contributed by atoms with Gasteiger partial charge in [0.15, 0.2) is 0 Å². The minimum Gasteiger partial charge on any atom is -0.494 e. The smallest absolute Gasteiger partial charge is 0.225 e. The number of hydrogen-bond acceptors (Lipinski definition) is 3. The zero-order chi connectivity index (χ0) is 16.2. The van der Waals surface area contributed by atoms with Gasteiger partial charge in [0.25, 0.3) is 0 Å². The molecule has 2 atom stereocenters. The number of carbonyl (C=O) groups is 1. The standard InChI is InChI=1S/C18H28N2O2.ClH/c1-4-22-16-11-13(2)8-9-14(16)12-20-17(21)15-7-5-6-10-18(15,3)19;/h8-9,11,15H,4-7,10,12,19H2,1-3H3,(H,20,21);1H. The summed E-state index contributed by atoms with van der Waals surface area (Å²) in [6.45, 7) is 7.10. The number of amides is 1. The van der Waals surface area contributed by atoms with Crippen LogP contribution >= 0.6 is 12.4 Å². The molecular formula is C18H29ClN2O2. The summed E-state index contributed by atoms with van der Waals surface area (Å²) in [5, 5.41) is 3.04. The lowest BCUT2D eigenvalue weighted by molar-refractivity contribution is -0.128. The average molecular weight is 341 g/mol. The molecule has 0 radical (unpaired) electrons. The molecule has 0 spiro atoms. The Morgan fingerprint density at radius 3 is 2.83 bits per heavy atom. The quantitative estimate of drug-likeness (QED) is 0.864. The Kier molecular flexibility index (Phi) is 7.36. The predicted molar refractivity (Wildman–Crippen MR) is 96.0 cm³/mol.